The molecule has 2 rings (SSSR count). The van der Waals surface area contributed by atoms with Crippen LogP contribution >= 0.6 is 15.9 Å². The van der Waals surface area contributed by atoms with Crippen LogP contribution in [0.4, 0.5) is 0 Å². The maximum Gasteiger partial charge on any atom is 0.0710 e. The highest BCUT2D eigenvalue weighted by Crippen LogP contribution is 2.27. The van der Waals surface area contributed by atoms with Crippen LogP contribution in [0, 0.1) is 0 Å². The number of hydrogen-bond acceptors (Lipinski definition) is 1. The highest BCUT2D eigenvalue weighted by molar-refractivity contribution is 9.10. The average Bonchev–Trinajstić information content (AvgIpc) is 2.45. The van der Waals surface area contributed by atoms with Crippen molar-refractivity contribution in [2.24, 2.45) is 0 Å². The van der Waals surface area contributed by atoms with Crippen LogP contribution < -0.4 is 0 Å². The Balaban J connectivity index is 2.73. The van der Waals surface area contributed by atoms with Crippen molar-refractivity contribution < 1.29 is 0 Å². The molecule has 0 amide bonds. The highest BCUT2D eigenvalue weighted by Gasteiger charge is 2.18. The summed E-state index contributed by atoms with van der Waals surface area (Å²) in [6.45, 7) is 6.60. The lowest BCUT2D eigenvalue weighted by Gasteiger charge is -2.16. The number of rotatable bonds is 0. The molecule has 0 radical (unpaired) electrons. The Labute approximate surface area is 92.1 Å². The monoisotopic (exact) mass is 252 g/mol. The predicted octanol–water partition coefficient (Wildman–Crippen LogP) is 3.39. The van der Waals surface area contributed by atoms with E-state index in [-0.39, 0.29) is 5.41 Å². The summed E-state index contributed by atoms with van der Waals surface area (Å²) < 4.78 is 3.00. The third kappa shape index (κ3) is 1.57. The van der Waals surface area contributed by atoms with Gasteiger partial charge in [-0.3, -0.25) is 0 Å². The SMILES string of the molecule is CC(C)(C)c1cnn2ccc(Br)cc12. The van der Waals surface area contributed by atoms with E-state index < -0.39 is 0 Å². The van der Waals surface area contributed by atoms with E-state index in [9.17, 15) is 0 Å². The molecule has 0 aliphatic carbocycles. The topological polar surface area (TPSA) is 17.3 Å². The molecule has 2 heterocycles. The fourth-order valence-corrected chi connectivity index (χ4v) is 1.87. The van der Waals surface area contributed by atoms with E-state index in [1.807, 2.05) is 23.0 Å². The molecule has 0 N–H and O–H groups in total. The van der Waals surface area contributed by atoms with Crippen molar-refractivity contribution >= 4 is 21.4 Å². The Morgan fingerprint density at radius 3 is 2.71 bits per heavy atom. The van der Waals surface area contributed by atoms with Crippen molar-refractivity contribution in [1.29, 1.82) is 0 Å². The van der Waals surface area contributed by atoms with Gasteiger partial charge in [-0.15, -0.1) is 0 Å². The molecule has 0 fully saturated rings. The van der Waals surface area contributed by atoms with Gasteiger partial charge in [0.2, 0.25) is 0 Å². The summed E-state index contributed by atoms with van der Waals surface area (Å²) >= 11 is 3.48. The Hall–Kier alpha value is -0.830. The van der Waals surface area contributed by atoms with Gasteiger partial charge in [-0.25, -0.2) is 4.52 Å². The van der Waals surface area contributed by atoms with Gasteiger partial charge in [-0.1, -0.05) is 36.7 Å². The van der Waals surface area contributed by atoms with Crippen molar-refractivity contribution in [3.05, 3.63) is 34.6 Å². The molecule has 0 atom stereocenters. The minimum atomic E-state index is 0.141. The third-order valence-electron chi connectivity index (χ3n) is 2.29. The molecule has 0 unspecified atom stereocenters. The number of pyridine rings is 1. The molecule has 0 saturated heterocycles. The summed E-state index contributed by atoms with van der Waals surface area (Å²) in [7, 11) is 0. The van der Waals surface area contributed by atoms with Crippen LogP contribution in [-0.2, 0) is 5.41 Å². The molecule has 0 aliphatic heterocycles. The molecule has 74 valence electrons. The molecule has 0 spiro atoms. The first kappa shape index (κ1) is 9.71. The van der Waals surface area contributed by atoms with Gasteiger partial charge < -0.3 is 0 Å². The number of fused-ring (bicyclic) bond motifs is 1. The predicted molar refractivity (Wildman–Crippen MR) is 61.6 cm³/mol. The molecule has 0 saturated carbocycles. The van der Waals surface area contributed by atoms with Gasteiger partial charge in [-0.05, 0) is 17.5 Å². The first-order valence-electron chi connectivity index (χ1n) is 4.62. The first-order valence-corrected chi connectivity index (χ1v) is 5.41. The summed E-state index contributed by atoms with van der Waals surface area (Å²) in [5, 5.41) is 4.32. The van der Waals surface area contributed by atoms with E-state index in [1.165, 1.54) is 11.1 Å². The maximum atomic E-state index is 4.32. The Morgan fingerprint density at radius 2 is 2.07 bits per heavy atom. The van der Waals surface area contributed by atoms with Crippen LogP contribution in [0.25, 0.3) is 5.52 Å². The second-order valence-corrected chi connectivity index (χ2v) is 5.40. The van der Waals surface area contributed by atoms with Crippen molar-refractivity contribution in [3.63, 3.8) is 0 Å². The third-order valence-corrected chi connectivity index (χ3v) is 2.78. The normalized spacial score (nSPS) is 12.3. The zero-order chi connectivity index (χ0) is 10.3. The van der Waals surface area contributed by atoms with Gasteiger partial charge in [0.05, 0.1) is 11.7 Å². The number of nitrogens with zero attached hydrogens (tertiary/aromatic N) is 2. The lowest BCUT2D eigenvalue weighted by molar-refractivity contribution is 0.595. The van der Waals surface area contributed by atoms with Gasteiger partial charge in [0, 0.05) is 16.2 Å². The molecule has 3 heteroatoms. The van der Waals surface area contributed by atoms with Crippen LogP contribution in [-0.4, -0.2) is 9.61 Å². The van der Waals surface area contributed by atoms with E-state index in [4.69, 9.17) is 0 Å². The summed E-state index contributed by atoms with van der Waals surface area (Å²) in [4.78, 5) is 0. The quantitative estimate of drug-likeness (QED) is 0.703. The summed E-state index contributed by atoms with van der Waals surface area (Å²) in [5.41, 5.74) is 2.59. The zero-order valence-electron chi connectivity index (χ0n) is 8.58. The number of hydrogen-bond donors (Lipinski definition) is 0. The fourth-order valence-electron chi connectivity index (χ4n) is 1.53. The summed E-state index contributed by atoms with van der Waals surface area (Å²) in [6, 6.07) is 4.10. The molecular weight excluding hydrogens is 240 g/mol. The van der Waals surface area contributed by atoms with Crippen LogP contribution in [0.3, 0.4) is 0 Å². The molecule has 14 heavy (non-hydrogen) atoms. The van der Waals surface area contributed by atoms with Gasteiger partial charge >= 0.3 is 0 Å². The smallest absolute Gasteiger partial charge is 0.0710 e. The lowest BCUT2D eigenvalue weighted by Crippen LogP contribution is -2.10. The van der Waals surface area contributed by atoms with Gasteiger partial charge in [0.25, 0.3) is 0 Å². The number of aromatic nitrogens is 2. The molecule has 2 nitrogen and oxygen atoms in total. The number of halogens is 1. The van der Waals surface area contributed by atoms with Crippen molar-refractivity contribution in [2.45, 2.75) is 26.2 Å². The highest BCUT2D eigenvalue weighted by atomic mass is 79.9. The minimum absolute atomic E-state index is 0.141. The van der Waals surface area contributed by atoms with E-state index in [0.29, 0.717) is 0 Å². The summed E-state index contributed by atoms with van der Waals surface area (Å²) in [6.07, 6.45) is 3.91. The molecule has 0 aromatic carbocycles. The lowest BCUT2D eigenvalue weighted by atomic mass is 9.88. The zero-order valence-corrected chi connectivity index (χ0v) is 10.2. The Bertz CT molecular complexity index is 466. The van der Waals surface area contributed by atoms with Crippen molar-refractivity contribution in [2.75, 3.05) is 0 Å². The second kappa shape index (κ2) is 3.09. The molecule has 0 bridgehead atoms. The maximum absolute atomic E-state index is 4.32. The van der Waals surface area contributed by atoms with E-state index >= 15 is 0 Å². The van der Waals surface area contributed by atoms with Crippen LogP contribution in [0.5, 0.6) is 0 Å². The van der Waals surface area contributed by atoms with Crippen LogP contribution in [0.1, 0.15) is 26.3 Å². The molecule has 2 aromatic rings. The average molecular weight is 253 g/mol. The van der Waals surface area contributed by atoms with Crippen LogP contribution in [0.2, 0.25) is 0 Å². The van der Waals surface area contributed by atoms with Gasteiger partial charge in [0.1, 0.15) is 0 Å². The van der Waals surface area contributed by atoms with E-state index in [2.05, 4.69) is 47.9 Å². The van der Waals surface area contributed by atoms with E-state index in [1.54, 1.807) is 0 Å². The Morgan fingerprint density at radius 1 is 1.36 bits per heavy atom. The Kier molecular flexibility index (Phi) is 2.14. The van der Waals surface area contributed by atoms with Gasteiger partial charge in [0.15, 0.2) is 0 Å². The largest absolute Gasteiger partial charge is 0.241 e. The molecular formula is C11H13BrN2. The van der Waals surface area contributed by atoms with Crippen molar-refractivity contribution in [3.8, 4) is 0 Å². The standard InChI is InChI=1S/C11H13BrN2/c1-11(2,3)9-7-13-14-5-4-8(12)6-10(9)14/h4-7H,1-3H3. The first-order chi connectivity index (χ1) is 6.48. The van der Waals surface area contributed by atoms with Crippen molar-refractivity contribution in [1.82, 2.24) is 9.61 Å². The second-order valence-electron chi connectivity index (χ2n) is 4.48. The fraction of sp³-hybridized carbons (Fsp3) is 0.364. The van der Waals surface area contributed by atoms with Gasteiger partial charge in [-0.2, -0.15) is 5.10 Å². The molecule has 2 aromatic heterocycles. The minimum Gasteiger partial charge on any atom is -0.241 e. The van der Waals surface area contributed by atoms with Crippen LogP contribution in [0.15, 0.2) is 29.0 Å². The molecule has 0 aliphatic rings. The summed E-state index contributed by atoms with van der Waals surface area (Å²) in [5.74, 6) is 0. The van der Waals surface area contributed by atoms with E-state index in [0.717, 1.165) is 4.47 Å².